The topological polar surface area (TPSA) is 46.3 Å². The lowest BCUT2D eigenvalue weighted by Crippen LogP contribution is -2.44. The molecule has 2 N–H and O–H groups in total. The smallest absolute Gasteiger partial charge is 0.257 e. The van der Waals surface area contributed by atoms with Gasteiger partial charge in [-0.05, 0) is 50.4 Å². The van der Waals surface area contributed by atoms with Gasteiger partial charge in [0.15, 0.2) is 0 Å². The van der Waals surface area contributed by atoms with Crippen molar-refractivity contribution in [2.24, 2.45) is 5.73 Å². The van der Waals surface area contributed by atoms with E-state index in [-0.39, 0.29) is 17.5 Å². The summed E-state index contributed by atoms with van der Waals surface area (Å²) in [6.45, 7) is 1.21. The van der Waals surface area contributed by atoms with Gasteiger partial charge in [0, 0.05) is 17.6 Å². The molecule has 3 nitrogen and oxygen atoms in total. The number of amides is 1. The molecule has 1 amide bonds. The summed E-state index contributed by atoms with van der Waals surface area (Å²) in [6, 6.07) is 4.30. The van der Waals surface area contributed by atoms with Crippen molar-refractivity contribution in [1.82, 2.24) is 4.90 Å². The molecular formula is C14H18ClFN2O. The molecule has 1 aliphatic rings. The van der Waals surface area contributed by atoms with Crippen molar-refractivity contribution >= 4 is 17.5 Å². The van der Waals surface area contributed by atoms with Gasteiger partial charge < -0.3 is 10.6 Å². The molecule has 2 rings (SSSR count). The third-order valence-electron chi connectivity index (χ3n) is 3.55. The van der Waals surface area contributed by atoms with E-state index in [1.54, 1.807) is 11.0 Å². The van der Waals surface area contributed by atoms with E-state index in [2.05, 4.69) is 0 Å². The quantitative estimate of drug-likeness (QED) is 0.928. The number of hydrogen-bond donors (Lipinski definition) is 1. The summed E-state index contributed by atoms with van der Waals surface area (Å²) in [5.74, 6) is -0.818. The van der Waals surface area contributed by atoms with Crippen molar-refractivity contribution in [2.45, 2.75) is 31.7 Å². The molecule has 0 saturated carbocycles. The second-order valence-corrected chi connectivity index (χ2v) is 5.29. The zero-order chi connectivity index (χ0) is 13.8. The first kappa shape index (κ1) is 14.3. The van der Waals surface area contributed by atoms with Gasteiger partial charge in [0.05, 0.1) is 5.56 Å². The predicted molar refractivity (Wildman–Crippen MR) is 73.8 cm³/mol. The molecule has 0 aromatic heterocycles. The molecule has 1 saturated heterocycles. The van der Waals surface area contributed by atoms with Crippen LogP contribution in [-0.4, -0.2) is 29.9 Å². The van der Waals surface area contributed by atoms with Gasteiger partial charge in [-0.3, -0.25) is 4.79 Å². The van der Waals surface area contributed by atoms with Gasteiger partial charge in [0.2, 0.25) is 0 Å². The molecule has 1 heterocycles. The Morgan fingerprint density at radius 1 is 1.47 bits per heavy atom. The second kappa shape index (κ2) is 6.35. The van der Waals surface area contributed by atoms with Crippen LogP contribution in [0.2, 0.25) is 5.02 Å². The highest BCUT2D eigenvalue weighted by Gasteiger charge is 2.28. The molecular weight excluding hydrogens is 267 g/mol. The maximum Gasteiger partial charge on any atom is 0.257 e. The Bertz CT molecular complexity index is 465. The minimum atomic E-state index is -0.561. The van der Waals surface area contributed by atoms with Gasteiger partial charge in [0.25, 0.3) is 5.91 Å². The number of carbonyl (C=O) groups excluding carboxylic acids is 1. The van der Waals surface area contributed by atoms with Crippen LogP contribution in [0.15, 0.2) is 18.2 Å². The van der Waals surface area contributed by atoms with Crippen molar-refractivity contribution in [2.75, 3.05) is 13.1 Å². The molecule has 19 heavy (non-hydrogen) atoms. The molecule has 104 valence electrons. The van der Waals surface area contributed by atoms with Crippen LogP contribution in [0.5, 0.6) is 0 Å². The number of likely N-dealkylation sites (tertiary alicyclic amines) is 1. The number of piperidine rings is 1. The monoisotopic (exact) mass is 284 g/mol. The fraction of sp³-hybridized carbons (Fsp3) is 0.500. The number of rotatable bonds is 3. The van der Waals surface area contributed by atoms with Crippen LogP contribution in [0.25, 0.3) is 0 Å². The first-order valence-electron chi connectivity index (χ1n) is 6.59. The molecule has 0 radical (unpaired) electrons. The van der Waals surface area contributed by atoms with Crippen LogP contribution in [0.3, 0.4) is 0 Å². The largest absolute Gasteiger partial charge is 0.336 e. The third-order valence-corrected chi connectivity index (χ3v) is 3.78. The fourth-order valence-corrected chi connectivity index (χ4v) is 2.74. The van der Waals surface area contributed by atoms with Gasteiger partial charge in [-0.25, -0.2) is 4.39 Å². The molecule has 0 unspecified atom stereocenters. The predicted octanol–water partition coefficient (Wildman–Crippen LogP) is 2.82. The highest BCUT2D eigenvalue weighted by atomic mass is 35.5. The average molecular weight is 285 g/mol. The SMILES string of the molecule is NCC[C@@H]1CCCCN1C(=O)c1ccc(Cl)cc1F. The Morgan fingerprint density at radius 2 is 2.26 bits per heavy atom. The van der Waals surface area contributed by atoms with Crippen molar-refractivity contribution in [3.63, 3.8) is 0 Å². The maximum absolute atomic E-state index is 13.8. The second-order valence-electron chi connectivity index (χ2n) is 4.85. The van der Waals surface area contributed by atoms with Crippen molar-refractivity contribution in [3.05, 3.63) is 34.6 Å². The van der Waals surface area contributed by atoms with Gasteiger partial charge in [-0.1, -0.05) is 11.6 Å². The minimum absolute atomic E-state index is 0.0910. The van der Waals surface area contributed by atoms with Gasteiger partial charge in [-0.15, -0.1) is 0 Å². The zero-order valence-electron chi connectivity index (χ0n) is 10.7. The Labute approximate surface area is 117 Å². The van der Waals surface area contributed by atoms with Crippen molar-refractivity contribution in [1.29, 1.82) is 0 Å². The van der Waals surface area contributed by atoms with E-state index in [1.165, 1.54) is 12.1 Å². The Hall–Kier alpha value is -1.13. The Kier molecular flexibility index (Phi) is 4.77. The highest BCUT2D eigenvalue weighted by molar-refractivity contribution is 6.30. The average Bonchev–Trinajstić information content (AvgIpc) is 2.39. The van der Waals surface area contributed by atoms with E-state index in [0.717, 1.165) is 25.7 Å². The van der Waals surface area contributed by atoms with Crippen LogP contribution >= 0.6 is 11.6 Å². The lowest BCUT2D eigenvalue weighted by molar-refractivity contribution is 0.0600. The van der Waals surface area contributed by atoms with E-state index in [9.17, 15) is 9.18 Å². The van der Waals surface area contributed by atoms with E-state index in [4.69, 9.17) is 17.3 Å². The summed E-state index contributed by atoms with van der Waals surface area (Å²) in [5.41, 5.74) is 5.67. The number of carbonyl (C=O) groups is 1. The molecule has 1 aromatic carbocycles. The van der Waals surface area contributed by atoms with Gasteiger partial charge in [0.1, 0.15) is 5.82 Å². The molecule has 0 spiro atoms. The molecule has 1 atom stereocenters. The van der Waals surface area contributed by atoms with E-state index in [0.29, 0.717) is 18.1 Å². The van der Waals surface area contributed by atoms with Crippen LogP contribution < -0.4 is 5.73 Å². The van der Waals surface area contributed by atoms with Crippen molar-refractivity contribution < 1.29 is 9.18 Å². The first-order valence-corrected chi connectivity index (χ1v) is 6.97. The summed E-state index contributed by atoms with van der Waals surface area (Å²) in [7, 11) is 0. The summed E-state index contributed by atoms with van der Waals surface area (Å²) < 4.78 is 13.8. The van der Waals surface area contributed by atoms with Crippen molar-refractivity contribution in [3.8, 4) is 0 Å². The molecule has 5 heteroatoms. The van der Waals surface area contributed by atoms with E-state index in [1.807, 2.05) is 0 Å². The van der Waals surface area contributed by atoms with E-state index >= 15 is 0 Å². The lowest BCUT2D eigenvalue weighted by Gasteiger charge is -2.35. The summed E-state index contributed by atoms with van der Waals surface area (Å²) >= 11 is 5.70. The van der Waals surface area contributed by atoms with Gasteiger partial charge >= 0.3 is 0 Å². The number of hydrogen-bond acceptors (Lipinski definition) is 2. The van der Waals surface area contributed by atoms with Crippen LogP contribution in [0, 0.1) is 5.82 Å². The minimum Gasteiger partial charge on any atom is -0.336 e. The standard InChI is InChI=1S/C14H18ClFN2O/c15-10-4-5-12(13(16)9-10)14(19)18-8-2-1-3-11(18)6-7-17/h4-5,9,11H,1-3,6-8,17H2/t11-/m0/s1. The maximum atomic E-state index is 13.8. The van der Waals surface area contributed by atoms with Gasteiger partial charge in [-0.2, -0.15) is 0 Å². The number of nitrogens with zero attached hydrogens (tertiary/aromatic N) is 1. The normalized spacial score (nSPS) is 19.5. The third kappa shape index (κ3) is 3.25. The zero-order valence-corrected chi connectivity index (χ0v) is 11.5. The number of nitrogens with two attached hydrogens (primary N) is 1. The summed E-state index contributed by atoms with van der Waals surface area (Å²) in [4.78, 5) is 14.2. The number of benzene rings is 1. The highest BCUT2D eigenvalue weighted by Crippen LogP contribution is 2.23. The fourth-order valence-electron chi connectivity index (χ4n) is 2.58. The van der Waals surface area contributed by atoms with Crippen LogP contribution in [0.4, 0.5) is 4.39 Å². The number of halogens is 2. The Balaban J connectivity index is 2.21. The van der Waals surface area contributed by atoms with Crippen LogP contribution in [-0.2, 0) is 0 Å². The van der Waals surface area contributed by atoms with Crippen LogP contribution in [0.1, 0.15) is 36.0 Å². The molecule has 0 aliphatic carbocycles. The molecule has 1 aromatic rings. The first-order chi connectivity index (χ1) is 9.13. The lowest BCUT2D eigenvalue weighted by atomic mass is 9.98. The molecule has 0 bridgehead atoms. The Morgan fingerprint density at radius 3 is 2.95 bits per heavy atom. The van der Waals surface area contributed by atoms with E-state index < -0.39 is 5.82 Å². The molecule has 1 fully saturated rings. The molecule has 1 aliphatic heterocycles. The summed E-state index contributed by atoms with van der Waals surface area (Å²) in [6.07, 6.45) is 3.76. The summed E-state index contributed by atoms with van der Waals surface area (Å²) in [5, 5.41) is 0.297.